The molecule has 0 atom stereocenters. The van der Waals surface area contributed by atoms with E-state index in [0.717, 1.165) is 66.3 Å². The molecule has 3 aliphatic rings. The Bertz CT molecular complexity index is 1400. The average Bonchev–Trinajstić information content (AvgIpc) is 3.41. The first-order valence-corrected chi connectivity index (χ1v) is 13.2. The molecule has 2 amide bonds. The molecule has 37 heavy (non-hydrogen) atoms. The van der Waals surface area contributed by atoms with Crippen LogP contribution in [0.1, 0.15) is 48.2 Å². The lowest BCUT2D eigenvalue weighted by Crippen LogP contribution is -2.36. The third-order valence-electron chi connectivity index (χ3n) is 6.85. The van der Waals surface area contributed by atoms with E-state index in [1.807, 2.05) is 43.9 Å². The Hall–Kier alpha value is -3.66. The zero-order valence-corrected chi connectivity index (χ0v) is 22.3. The molecule has 1 fully saturated rings. The van der Waals surface area contributed by atoms with Crippen LogP contribution in [0.25, 0.3) is 11.8 Å². The summed E-state index contributed by atoms with van der Waals surface area (Å²) in [5, 5.41) is 15.4. The molecule has 9 nitrogen and oxygen atoms in total. The molecule has 0 aliphatic carbocycles. The van der Waals surface area contributed by atoms with E-state index >= 15 is 0 Å². The Kier molecular flexibility index (Phi) is 6.76. The van der Waals surface area contributed by atoms with E-state index in [0.29, 0.717) is 10.2 Å². The largest absolute Gasteiger partial charge is 0.495 e. The van der Waals surface area contributed by atoms with Crippen molar-refractivity contribution in [3.05, 3.63) is 52.4 Å². The normalized spacial score (nSPS) is 18.8. The Morgan fingerprint density at radius 3 is 2.65 bits per heavy atom. The predicted octanol–water partition coefficient (Wildman–Crippen LogP) is 4.43. The number of aryl methyl sites for hydroxylation is 2. The Balaban J connectivity index is 1.42. The van der Waals surface area contributed by atoms with Gasteiger partial charge in [-0.25, -0.2) is 0 Å². The van der Waals surface area contributed by atoms with Gasteiger partial charge in [0.25, 0.3) is 5.91 Å². The molecule has 1 N–H and O–H groups in total. The number of likely N-dealkylation sites (tertiary alicyclic amines) is 1. The number of nitrogens with zero attached hydrogens (tertiary/aromatic N) is 5. The van der Waals surface area contributed by atoms with Gasteiger partial charge in [0, 0.05) is 24.5 Å². The summed E-state index contributed by atoms with van der Waals surface area (Å²) in [5.74, 6) is 0.248. The summed E-state index contributed by atoms with van der Waals surface area (Å²) in [6, 6.07) is 7.98. The molecule has 1 saturated heterocycles. The fourth-order valence-corrected chi connectivity index (χ4v) is 5.80. The van der Waals surface area contributed by atoms with Crippen molar-refractivity contribution in [2.45, 2.75) is 46.5 Å². The van der Waals surface area contributed by atoms with Crippen molar-refractivity contribution >= 4 is 45.7 Å². The minimum absolute atomic E-state index is 0.0269. The van der Waals surface area contributed by atoms with Crippen LogP contribution in [0, 0.1) is 26.2 Å². The lowest BCUT2D eigenvalue weighted by molar-refractivity contribution is -0.130. The van der Waals surface area contributed by atoms with E-state index in [1.165, 1.54) is 16.8 Å². The fourth-order valence-electron chi connectivity index (χ4n) is 4.92. The lowest BCUT2D eigenvalue weighted by Gasteiger charge is -2.26. The summed E-state index contributed by atoms with van der Waals surface area (Å²) in [7, 11) is 1.64. The van der Waals surface area contributed by atoms with E-state index in [1.54, 1.807) is 13.2 Å². The van der Waals surface area contributed by atoms with Gasteiger partial charge in [0.1, 0.15) is 10.8 Å². The van der Waals surface area contributed by atoms with Crippen LogP contribution in [0.4, 0.5) is 0 Å². The summed E-state index contributed by atoms with van der Waals surface area (Å²) in [6.45, 7) is 7.54. The smallest absolute Gasteiger partial charge is 0.283 e. The highest BCUT2D eigenvalue weighted by Gasteiger charge is 2.36. The molecule has 0 unspecified atom stereocenters. The maximum absolute atomic E-state index is 13.0. The third-order valence-corrected chi connectivity index (χ3v) is 7.76. The van der Waals surface area contributed by atoms with Crippen LogP contribution in [0.3, 0.4) is 0 Å². The average molecular weight is 519 g/mol. The maximum atomic E-state index is 13.0. The Morgan fingerprint density at radius 1 is 1.16 bits per heavy atom. The Labute approximate surface area is 220 Å². The van der Waals surface area contributed by atoms with Gasteiger partial charge in [0.15, 0.2) is 5.84 Å². The molecule has 0 spiro atoms. The van der Waals surface area contributed by atoms with Gasteiger partial charge in [-0.15, -0.1) is 0 Å². The zero-order valence-electron chi connectivity index (χ0n) is 21.5. The summed E-state index contributed by atoms with van der Waals surface area (Å²) in [5.41, 5.74) is 4.87. The number of aliphatic imine (C=N–C) groups is 1. The van der Waals surface area contributed by atoms with Crippen LogP contribution in [0.15, 0.2) is 39.9 Å². The molecule has 1 aromatic heterocycles. The van der Waals surface area contributed by atoms with E-state index in [2.05, 4.69) is 20.7 Å². The number of methoxy groups -OCH3 is 1. The highest BCUT2D eigenvalue weighted by atomic mass is 32.2. The number of aromatic nitrogens is 1. The second kappa shape index (κ2) is 10.0. The number of ether oxygens (including phenoxy) is 1. The number of thioether (sulfide) groups is 1. The number of carbonyl (C=O) groups excluding carboxylic acids is 2. The first kappa shape index (κ1) is 25.0. The van der Waals surface area contributed by atoms with Gasteiger partial charge in [0.05, 0.1) is 24.8 Å². The molecule has 2 aromatic rings. The number of fused-ring (bicyclic) bond motifs is 1. The third kappa shape index (κ3) is 4.73. The summed E-state index contributed by atoms with van der Waals surface area (Å²) >= 11 is 1.19. The Morgan fingerprint density at radius 2 is 1.92 bits per heavy atom. The first-order chi connectivity index (χ1) is 17.8. The maximum Gasteiger partial charge on any atom is 0.283 e. The van der Waals surface area contributed by atoms with Crippen molar-refractivity contribution in [1.29, 1.82) is 5.41 Å². The van der Waals surface area contributed by atoms with Crippen molar-refractivity contribution in [2.24, 2.45) is 10.1 Å². The number of piperidine rings is 1. The van der Waals surface area contributed by atoms with Gasteiger partial charge in [-0.3, -0.25) is 15.0 Å². The van der Waals surface area contributed by atoms with Gasteiger partial charge in [-0.05, 0) is 87.2 Å². The van der Waals surface area contributed by atoms with Crippen molar-refractivity contribution in [3.63, 3.8) is 0 Å². The number of amides is 2. The van der Waals surface area contributed by atoms with E-state index in [9.17, 15) is 9.59 Å². The SMILES string of the molecule is COc1ccc(C)cc1-n1c(C)cc(/C=C2\C(=N)N3N=C(CC(=O)N4CCCCC4)SC3=NC2=O)c1C. The van der Waals surface area contributed by atoms with E-state index < -0.39 is 5.91 Å². The topological polar surface area (TPSA) is 103 Å². The number of hydrazone groups is 1. The predicted molar refractivity (Wildman–Crippen MR) is 147 cm³/mol. The summed E-state index contributed by atoms with van der Waals surface area (Å²) < 4.78 is 7.67. The molecular weight excluding hydrogens is 488 g/mol. The van der Waals surface area contributed by atoms with Gasteiger partial charge >= 0.3 is 0 Å². The van der Waals surface area contributed by atoms with Crippen LogP contribution in [0.2, 0.25) is 0 Å². The second-order valence-electron chi connectivity index (χ2n) is 9.47. The minimum Gasteiger partial charge on any atom is -0.495 e. The molecule has 0 bridgehead atoms. The van der Waals surface area contributed by atoms with Crippen LogP contribution >= 0.6 is 11.8 Å². The number of benzene rings is 1. The van der Waals surface area contributed by atoms with Gasteiger partial charge in [-0.2, -0.15) is 15.1 Å². The molecule has 3 aliphatic heterocycles. The second-order valence-corrected chi connectivity index (χ2v) is 10.5. The molecule has 5 rings (SSSR count). The highest BCUT2D eigenvalue weighted by Crippen LogP contribution is 2.33. The molecule has 10 heteroatoms. The van der Waals surface area contributed by atoms with Crippen LogP contribution < -0.4 is 4.74 Å². The zero-order chi connectivity index (χ0) is 26.3. The standard InChI is InChI=1S/C27H30N6O3S/c1-16-8-9-22(36-4)21(12-16)32-17(2)13-19(18(32)3)14-20-25(28)33-27(29-26(20)35)37-23(30-33)15-24(34)31-10-6-5-7-11-31/h8-9,12-14,28H,5-7,10-11,15H2,1-4H3/b20-14+,28-25?. The van der Waals surface area contributed by atoms with Crippen molar-refractivity contribution in [1.82, 2.24) is 14.5 Å². The quantitative estimate of drug-likeness (QED) is 0.590. The molecule has 1 aromatic carbocycles. The lowest BCUT2D eigenvalue weighted by atomic mass is 10.1. The monoisotopic (exact) mass is 518 g/mol. The van der Waals surface area contributed by atoms with Crippen LogP contribution in [-0.2, 0) is 9.59 Å². The molecular formula is C27H30N6O3S. The fraction of sp³-hybridized carbons (Fsp3) is 0.370. The number of nitrogens with one attached hydrogen (secondary N) is 1. The van der Waals surface area contributed by atoms with E-state index in [4.69, 9.17) is 10.1 Å². The van der Waals surface area contributed by atoms with Crippen LogP contribution in [-0.4, -0.2) is 62.5 Å². The number of carbonyl (C=O) groups is 2. The van der Waals surface area contributed by atoms with Crippen molar-refractivity contribution in [2.75, 3.05) is 20.2 Å². The van der Waals surface area contributed by atoms with Crippen molar-refractivity contribution in [3.8, 4) is 11.4 Å². The van der Waals surface area contributed by atoms with Gasteiger partial charge in [0.2, 0.25) is 11.1 Å². The number of rotatable bonds is 5. The van der Waals surface area contributed by atoms with Gasteiger partial charge < -0.3 is 14.2 Å². The van der Waals surface area contributed by atoms with Crippen LogP contribution in [0.5, 0.6) is 5.75 Å². The number of amidine groups is 2. The first-order valence-electron chi connectivity index (χ1n) is 12.4. The molecule has 0 radical (unpaired) electrons. The number of hydrogen-bond donors (Lipinski definition) is 1. The molecule has 0 saturated carbocycles. The molecule has 192 valence electrons. The van der Waals surface area contributed by atoms with Crippen molar-refractivity contribution < 1.29 is 14.3 Å². The summed E-state index contributed by atoms with van der Waals surface area (Å²) in [4.78, 5) is 31.7. The minimum atomic E-state index is -0.486. The number of hydrogen-bond acceptors (Lipinski definition) is 6. The van der Waals surface area contributed by atoms with E-state index in [-0.39, 0.29) is 23.7 Å². The molecule has 4 heterocycles. The summed E-state index contributed by atoms with van der Waals surface area (Å²) in [6.07, 6.45) is 5.05. The van der Waals surface area contributed by atoms with Gasteiger partial charge in [-0.1, -0.05) is 6.07 Å². The highest BCUT2D eigenvalue weighted by molar-refractivity contribution is 8.27.